The molecule has 2 aromatic carbocycles. The van der Waals surface area contributed by atoms with Crippen LogP contribution in [0.1, 0.15) is 32.8 Å². The van der Waals surface area contributed by atoms with Crippen molar-refractivity contribution in [2.75, 3.05) is 10.2 Å². The van der Waals surface area contributed by atoms with Gasteiger partial charge in [0.15, 0.2) is 0 Å². The van der Waals surface area contributed by atoms with Crippen molar-refractivity contribution in [3.63, 3.8) is 0 Å². The summed E-state index contributed by atoms with van der Waals surface area (Å²) >= 11 is 6.15. The summed E-state index contributed by atoms with van der Waals surface area (Å²) in [6.45, 7) is 5.44. The lowest BCUT2D eigenvalue weighted by molar-refractivity contribution is -0.122. The maximum Gasteiger partial charge on any atom is 0.261 e. The first-order chi connectivity index (χ1) is 14.7. The summed E-state index contributed by atoms with van der Waals surface area (Å²) in [5.41, 5.74) is 2.05. The highest BCUT2D eigenvalue weighted by Crippen LogP contribution is 2.35. The number of imide groups is 1. The van der Waals surface area contributed by atoms with E-state index in [2.05, 4.69) is 10.6 Å². The summed E-state index contributed by atoms with van der Waals surface area (Å²) in [6.07, 6.45) is -0.0791. The molecule has 0 aromatic heterocycles. The molecule has 31 heavy (non-hydrogen) atoms. The van der Waals surface area contributed by atoms with Crippen molar-refractivity contribution in [3.8, 4) is 0 Å². The molecule has 3 amide bonds. The second-order valence-corrected chi connectivity index (χ2v) is 7.95. The lowest BCUT2D eigenvalue weighted by atomic mass is 10.1. The van der Waals surface area contributed by atoms with E-state index in [1.165, 1.54) is 6.07 Å². The molecule has 8 heteroatoms. The Balaban J connectivity index is 1.78. The Kier molecular flexibility index (Phi) is 6.75. The van der Waals surface area contributed by atoms with Gasteiger partial charge in [0.25, 0.3) is 5.91 Å². The van der Waals surface area contributed by atoms with E-state index in [0.717, 1.165) is 16.5 Å². The highest BCUT2D eigenvalue weighted by atomic mass is 35.5. The lowest BCUT2D eigenvalue weighted by Gasteiger charge is -2.20. The number of carbonyl (C=O) groups is 3. The number of nitrogens with zero attached hydrogens (tertiary/aromatic N) is 1. The van der Waals surface area contributed by atoms with Gasteiger partial charge < -0.3 is 10.6 Å². The van der Waals surface area contributed by atoms with Gasteiger partial charge in [-0.05, 0) is 38.5 Å². The van der Waals surface area contributed by atoms with Crippen LogP contribution < -0.4 is 15.5 Å². The summed E-state index contributed by atoms with van der Waals surface area (Å²) in [6, 6.07) is 11.0. The van der Waals surface area contributed by atoms with E-state index in [9.17, 15) is 18.8 Å². The fourth-order valence-electron chi connectivity index (χ4n) is 3.24. The topological polar surface area (TPSA) is 78.5 Å². The van der Waals surface area contributed by atoms with Gasteiger partial charge in [-0.3, -0.25) is 14.4 Å². The molecule has 0 saturated carbocycles. The SMILES string of the molecule is CC(C)=C1CC(=O)N(c2cc(NC(C)C(=O)NCc3ccccc3)c(Cl)cc2F)C1=O. The third kappa shape index (κ3) is 4.94. The number of nitrogens with one attached hydrogen (secondary N) is 2. The van der Waals surface area contributed by atoms with Gasteiger partial charge >= 0.3 is 0 Å². The minimum Gasteiger partial charge on any atom is -0.373 e. The van der Waals surface area contributed by atoms with Gasteiger partial charge in [-0.25, -0.2) is 9.29 Å². The Morgan fingerprint density at radius 2 is 1.87 bits per heavy atom. The predicted octanol–water partition coefficient (Wildman–Crippen LogP) is 4.20. The number of rotatable bonds is 6. The molecule has 0 spiro atoms. The minimum absolute atomic E-state index is 0.0329. The number of hydrogen-bond acceptors (Lipinski definition) is 4. The van der Waals surface area contributed by atoms with Crippen molar-refractivity contribution >= 4 is 40.7 Å². The standard InChI is InChI=1S/C23H23ClFN3O3/c1-13(2)16-9-21(29)28(23(16)31)20-11-19(17(24)10-18(20)25)27-14(3)22(30)26-12-15-7-5-4-6-8-15/h4-8,10-11,14,27H,9,12H2,1-3H3,(H,26,30). The largest absolute Gasteiger partial charge is 0.373 e. The van der Waals surface area contributed by atoms with Crippen LogP contribution in [-0.4, -0.2) is 23.8 Å². The Bertz CT molecular complexity index is 1070. The Hall–Kier alpha value is -3.19. The molecule has 2 aromatic rings. The van der Waals surface area contributed by atoms with Crippen molar-refractivity contribution in [3.05, 3.63) is 70.0 Å². The summed E-state index contributed by atoms with van der Waals surface area (Å²) in [7, 11) is 0. The summed E-state index contributed by atoms with van der Waals surface area (Å²) < 4.78 is 14.6. The number of halogens is 2. The number of allylic oxidation sites excluding steroid dienone is 1. The molecule has 1 heterocycles. The second kappa shape index (κ2) is 9.31. The van der Waals surface area contributed by atoms with E-state index in [-0.39, 0.29) is 28.7 Å². The maximum absolute atomic E-state index is 14.6. The van der Waals surface area contributed by atoms with Gasteiger partial charge in [-0.2, -0.15) is 0 Å². The van der Waals surface area contributed by atoms with Gasteiger partial charge in [0.1, 0.15) is 11.9 Å². The Morgan fingerprint density at radius 1 is 1.19 bits per heavy atom. The molecule has 1 saturated heterocycles. The number of amides is 3. The van der Waals surface area contributed by atoms with Crippen LogP contribution in [-0.2, 0) is 20.9 Å². The molecule has 1 aliphatic heterocycles. The van der Waals surface area contributed by atoms with Crippen LogP contribution in [0.15, 0.2) is 53.6 Å². The van der Waals surface area contributed by atoms with Crippen molar-refractivity contribution in [2.45, 2.75) is 39.8 Å². The van der Waals surface area contributed by atoms with E-state index in [4.69, 9.17) is 11.6 Å². The smallest absolute Gasteiger partial charge is 0.261 e. The molecular formula is C23H23ClFN3O3. The van der Waals surface area contributed by atoms with E-state index in [0.29, 0.717) is 17.7 Å². The van der Waals surface area contributed by atoms with Crippen molar-refractivity contribution in [1.29, 1.82) is 0 Å². The molecule has 0 bridgehead atoms. The minimum atomic E-state index is -0.798. The van der Waals surface area contributed by atoms with Crippen LogP contribution in [0.2, 0.25) is 5.02 Å². The first-order valence-corrected chi connectivity index (χ1v) is 10.2. The van der Waals surface area contributed by atoms with Crippen molar-refractivity contribution in [2.24, 2.45) is 0 Å². The zero-order valence-electron chi connectivity index (χ0n) is 17.5. The molecule has 1 unspecified atom stereocenters. The predicted molar refractivity (Wildman–Crippen MR) is 118 cm³/mol. The Morgan fingerprint density at radius 3 is 2.48 bits per heavy atom. The molecule has 1 fully saturated rings. The van der Waals surface area contributed by atoms with Gasteiger partial charge in [-0.1, -0.05) is 47.5 Å². The van der Waals surface area contributed by atoms with Crippen LogP contribution >= 0.6 is 11.6 Å². The number of hydrogen-bond donors (Lipinski definition) is 2. The average molecular weight is 444 g/mol. The molecular weight excluding hydrogens is 421 g/mol. The molecule has 1 atom stereocenters. The van der Waals surface area contributed by atoms with Crippen molar-refractivity contribution in [1.82, 2.24) is 5.32 Å². The van der Waals surface area contributed by atoms with Crippen LogP contribution in [0.5, 0.6) is 0 Å². The molecule has 3 rings (SSSR count). The third-order valence-electron chi connectivity index (χ3n) is 4.99. The monoisotopic (exact) mass is 443 g/mol. The summed E-state index contributed by atoms with van der Waals surface area (Å²) in [5.74, 6) is -2.15. The van der Waals surface area contributed by atoms with Gasteiger partial charge in [0.2, 0.25) is 11.8 Å². The zero-order chi connectivity index (χ0) is 22.7. The highest BCUT2D eigenvalue weighted by Gasteiger charge is 2.37. The first-order valence-electron chi connectivity index (χ1n) is 9.80. The normalized spacial score (nSPS) is 14.6. The fraction of sp³-hybridized carbons (Fsp3) is 0.261. The first kappa shape index (κ1) is 22.5. The second-order valence-electron chi connectivity index (χ2n) is 7.54. The molecule has 6 nitrogen and oxygen atoms in total. The number of benzene rings is 2. The van der Waals surface area contributed by atoms with Crippen LogP contribution in [0.25, 0.3) is 0 Å². The Labute approximate surface area is 185 Å². The van der Waals surface area contributed by atoms with Gasteiger partial charge in [0.05, 0.1) is 22.8 Å². The van der Waals surface area contributed by atoms with Gasteiger partial charge in [0, 0.05) is 12.1 Å². The number of carbonyl (C=O) groups excluding carboxylic acids is 3. The molecule has 2 N–H and O–H groups in total. The van der Waals surface area contributed by atoms with Crippen LogP contribution in [0.4, 0.5) is 15.8 Å². The number of anilines is 2. The van der Waals surface area contributed by atoms with E-state index in [1.807, 2.05) is 30.3 Å². The van der Waals surface area contributed by atoms with Crippen LogP contribution in [0.3, 0.4) is 0 Å². The lowest BCUT2D eigenvalue weighted by Crippen LogP contribution is -2.37. The third-order valence-corrected chi connectivity index (χ3v) is 5.31. The summed E-state index contributed by atoms with van der Waals surface area (Å²) in [5, 5.41) is 5.77. The maximum atomic E-state index is 14.6. The zero-order valence-corrected chi connectivity index (χ0v) is 18.2. The quantitative estimate of drug-likeness (QED) is 0.518. The average Bonchev–Trinajstić information content (AvgIpc) is 3.03. The van der Waals surface area contributed by atoms with E-state index >= 15 is 0 Å². The molecule has 162 valence electrons. The van der Waals surface area contributed by atoms with E-state index < -0.39 is 23.7 Å². The van der Waals surface area contributed by atoms with Gasteiger partial charge in [-0.15, -0.1) is 0 Å². The molecule has 1 aliphatic rings. The molecule has 0 radical (unpaired) electrons. The van der Waals surface area contributed by atoms with Crippen molar-refractivity contribution < 1.29 is 18.8 Å². The van der Waals surface area contributed by atoms with E-state index in [1.54, 1.807) is 20.8 Å². The fourth-order valence-corrected chi connectivity index (χ4v) is 3.45. The highest BCUT2D eigenvalue weighted by molar-refractivity contribution is 6.34. The summed E-state index contributed by atoms with van der Waals surface area (Å²) in [4.78, 5) is 38.3. The van der Waals surface area contributed by atoms with Crippen LogP contribution in [0, 0.1) is 5.82 Å². The molecule has 0 aliphatic carbocycles.